The molecule has 3 heteroatoms. The van der Waals surface area contributed by atoms with Gasteiger partial charge in [0.15, 0.2) is 0 Å². The fraction of sp³-hybridized carbons (Fsp3) is 0.654. The van der Waals surface area contributed by atoms with E-state index in [1.165, 1.54) is 25.7 Å². The zero-order valence-corrected chi connectivity index (χ0v) is 19.3. The van der Waals surface area contributed by atoms with Crippen LogP contribution in [0.25, 0.3) is 0 Å². The van der Waals surface area contributed by atoms with Crippen molar-refractivity contribution in [3.63, 3.8) is 0 Å². The van der Waals surface area contributed by atoms with Crippen molar-refractivity contribution in [3.05, 3.63) is 48.6 Å². The summed E-state index contributed by atoms with van der Waals surface area (Å²) in [5, 5.41) is 0. The fourth-order valence-corrected chi connectivity index (χ4v) is 2.64. The molecule has 0 aromatic carbocycles. The van der Waals surface area contributed by atoms with Gasteiger partial charge in [-0.1, -0.05) is 75.3 Å². The molecule has 0 saturated carbocycles. The zero-order chi connectivity index (χ0) is 21.6. The summed E-state index contributed by atoms with van der Waals surface area (Å²) in [7, 11) is 0. The normalized spacial score (nSPS) is 13.6. The average Bonchev–Trinajstić information content (AvgIpc) is 2.69. The van der Waals surface area contributed by atoms with E-state index in [2.05, 4.69) is 55.5 Å². The lowest BCUT2D eigenvalue weighted by Gasteiger charge is -2.19. The number of carbonyl (C=O) groups is 1. The number of rotatable bonds is 18. The molecule has 166 valence electrons. The third-order valence-corrected chi connectivity index (χ3v) is 4.23. The summed E-state index contributed by atoms with van der Waals surface area (Å²) in [6, 6.07) is 0. The van der Waals surface area contributed by atoms with E-state index in [0.29, 0.717) is 12.8 Å². The molecule has 0 aliphatic rings. The highest BCUT2D eigenvalue weighted by Gasteiger charge is 2.13. The van der Waals surface area contributed by atoms with Crippen molar-refractivity contribution in [3.8, 4) is 0 Å². The van der Waals surface area contributed by atoms with Crippen LogP contribution in [0, 0.1) is 0 Å². The van der Waals surface area contributed by atoms with Crippen LogP contribution in [0.1, 0.15) is 98.3 Å². The van der Waals surface area contributed by atoms with Crippen molar-refractivity contribution in [1.29, 1.82) is 0 Å². The van der Waals surface area contributed by atoms with Gasteiger partial charge in [-0.25, -0.2) is 0 Å². The second kappa shape index (κ2) is 21.1. The smallest absolute Gasteiger partial charge is 0.308 e. The lowest BCUT2D eigenvalue weighted by molar-refractivity contribution is -0.187. The summed E-state index contributed by atoms with van der Waals surface area (Å²) >= 11 is 0. The van der Waals surface area contributed by atoms with Gasteiger partial charge in [0.2, 0.25) is 6.29 Å². The van der Waals surface area contributed by atoms with Crippen LogP contribution in [-0.2, 0) is 14.3 Å². The van der Waals surface area contributed by atoms with Gasteiger partial charge in [0.1, 0.15) is 0 Å². The van der Waals surface area contributed by atoms with Crippen molar-refractivity contribution in [2.75, 3.05) is 0 Å². The molecule has 0 spiro atoms. The van der Waals surface area contributed by atoms with Gasteiger partial charge in [0.25, 0.3) is 0 Å². The predicted octanol–water partition coefficient (Wildman–Crippen LogP) is 7.84. The summed E-state index contributed by atoms with van der Waals surface area (Å²) in [5.41, 5.74) is 0. The molecule has 0 saturated heterocycles. The van der Waals surface area contributed by atoms with Crippen LogP contribution in [0.15, 0.2) is 48.6 Å². The first-order valence-electron chi connectivity index (χ1n) is 11.5. The molecule has 0 N–H and O–H groups in total. The predicted molar refractivity (Wildman–Crippen MR) is 125 cm³/mol. The highest BCUT2D eigenvalue weighted by Crippen LogP contribution is 2.08. The van der Waals surface area contributed by atoms with Crippen LogP contribution >= 0.6 is 0 Å². The van der Waals surface area contributed by atoms with Gasteiger partial charge in [0.05, 0.1) is 6.10 Å². The summed E-state index contributed by atoms with van der Waals surface area (Å²) in [5.74, 6) is -0.173. The lowest BCUT2D eigenvalue weighted by Crippen LogP contribution is -2.23. The van der Waals surface area contributed by atoms with Gasteiger partial charge >= 0.3 is 5.97 Å². The molecule has 1 atom stereocenters. The number of esters is 1. The fourth-order valence-electron chi connectivity index (χ4n) is 2.64. The quantitative estimate of drug-likeness (QED) is 0.101. The van der Waals surface area contributed by atoms with E-state index in [4.69, 9.17) is 9.47 Å². The molecule has 0 aliphatic heterocycles. The molecule has 1 unspecified atom stereocenters. The van der Waals surface area contributed by atoms with E-state index < -0.39 is 6.29 Å². The molecule has 0 aromatic rings. The second-order valence-corrected chi connectivity index (χ2v) is 7.49. The van der Waals surface area contributed by atoms with Gasteiger partial charge in [-0.3, -0.25) is 4.79 Å². The number of hydrogen-bond acceptors (Lipinski definition) is 3. The molecule has 0 rings (SSSR count). The minimum absolute atomic E-state index is 0.0661. The van der Waals surface area contributed by atoms with Gasteiger partial charge in [-0.2, -0.15) is 0 Å². The first-order valence-corrected chi connectivity index (χ1v) is 11.5. The highest BCUT2D eigenvalue weighted by molar-refractivity contribution is 5.69. The van der Waals surface area contributed by atoms with Gasteiger partial charge < -0.3 is 9.47 Å². The Morgan fingerprint density at radius 2 is 1.28 bits per heavy atom. The summed E-state index contributed by atoms with van der Waals surface area (Å²) in [6.07, 6.45) is 28.2. The third kappa shape index (κ3) is 20.9. The molecule has 0 heterocycles. The molecular formula is C26H44O3. The molecular weight excluding hydrogens is 360 g/mol. The summed E-state index contributed by atoms with van der Waals surface area (Å²) < 4.78 is 10.9. The van der Waals surface area contributed by atoms with Crippen molar-refractivity contribution < 1.29 is 14.3 Å². The summed E-state index contributed by atoms with van der Waals surface area (Å²) in [6.45, 7) is 8.08. The average molecular weight is 405 g/mol. The van der Waals surface area contributed by atoms with Crippen LogP contribution in [-0.4, -0.2) is 18.4 Å². The van der Waals surface area contributed by atoms with E-state index in [0.717, 1.165) is 32.1 Å². The van der Waals surface area contributed by atoms with Gasteiger partial charge in [0, 0.05) is 12.8 Å². The van der Waals surface area contributed by atoms with Crippen LogP contribution in [0.4, 0.5) is 0 Å². The molecule has 3 nitrogen and oxygen atoms in total. The standard InChI is InChI=1S/C26H44O3/c1-5-7-8-9-10-11-12-13-14-15-16-17-18-19-20-21-22-23-25(27)29-26(6-2)28-24(3)4/h10-11,13-14,16-17,19-20,24,26H,5-9,12,15,18,21-23H2,1-4H3. The van der Waals surface area contributed by atoms with Crippen LogP contribution < -0.4 is 0 Å². The summed E-state index contributed by atoms with van der Waals surface area (Å²) in [4.78, 5) is 11.8. The Morgan fingerprint density at radius 1 is 0.759 bits per heavy atom. The Morgan fingerprint density at radius 3 is 1.76 bits per heavy atom. The Bertz CT molecular complexity index is 486. The van der Waals surface area contributed by atoms with E-state index >= 15 is 0 Å². The van der Waals surface area contributed by atoms with Crippen molar-refractivity contribution in [2.24, 2.45) is 0 Å². The molecule has 0 aromatic heterocycles. The van der Waals surface area contributed by atoms with E-state index in [9.17, 15) is 4.79 Å². The van der Waals surface area contributed by atoms with Crippen molar-refractivity contribution in [2.45, 2.75) is 111 Å². The number of unbranched alkanes of at least 4 members (excludes halogenated alkanes) is 4. The van der Waals surface area contributed by atoms with Crippen molar-refractivity contribution in [1.82, 2.24) is 0 Å². The van der Waals surface area contributed by atoms with Crippen LogP contribution in [0.5, 0.6) is 0 Å². The van der Waals surface area contributed by atoms with Crippen molar-refractivity contribution >= 4 is 5.97 Å². The van der Waals surface area contributed by atoms with Gasteiger partial charge in [-0.05, 0) is 58.8 Å². The number of ether oxygens (including phenoxy) is 2. The molecule has 0 aliphatic carbocycles. The maximum absolute atomic E-state index is 11.8. The topological polar surface area (TPSA) is 35.5 Å². The number of allylic oxidation sites excluding steroid dienone is 8. The van der Waals surface area contributed by atoms with Gasteiger partial charge in [-0.15, -0.1) is 0 Å². The van der Waals surface area contributed by atoms with E-state index in [1.807, 2.05) is 20.8 Å². The Labute approximate surface area is 179 Å². The number of hydrogen-bond donors (Lipinski definition) is 0. The lowest BCUT2D eigenvalue weighted by atomic mass is 10.2. The maximum Gasteiger partial charge on any atom is 0.308 e. The molecule has 0 amide bonds. The van der Waals surface area contributed by atoms with Crippen LogP contribution in [0.2, 0.25) is 0 Å². The molecule has 0 fully saturated rings. The van der Waals surface area contributed by atoms with E-state index in [1.54, 1.807) is 0 Å². The molecule has 0 radical (unpaired) electrons. The number of carbonyl (C=O) groups excluding carboxylic acids is 1. The highest BCUT2D eigenvalue weighted by atomic mass is 16.7. The molecule has 29 heavy (non-hydrogen) atoms. The zero-order valence-electron chi connectivity index (χ0n) is 19.3. The SMILES string of the molecule is CCCCCC=CCC=CCC=CCC=CCCCC(=O)OC(CC)OC(C)C. The maximum atomic E-state index is 11.8. The van der Waals surface area contributed by atoms with Crippen LogP contribution in [0.3, 0.4) is 0 Å². The molecule has 0 bridgehead atoms. The Kier molecular flexibility index (Phi) is 19.9. The first-order chi connectivity index (χ1) is 14.1. The minimum atomic E-state index is -0.418. The third-order valence-electron chi connectivity index (χ3n) is 4.23. The van der Waals surface area contributed by atoms with E-state index in [-0.39, 0.29) is 12.1 Å². The Balaban J connectivity index is 3.63. The first kappa shape index (κ1) is 27.4. The monoisotopic (exact) mass is 404 g/mol. The largest absolute Gasteiger partial charge is 0.436 e. The Hall–Kier alpha value is -1.61. The minimum Gasteiger partial charge on any atom is -0.436 e. The second-order valence-electron chi connectivity index (χ2n) is 7.49.